The molecule has 1 aliphatic rings. The van der Waals surface area contributed by atoms with Crippen molar-refractivity contribution in [3.63, 3.8) is 0 Å². The van der Waals surface area contributed by atoms with Gasteiger partial charge < -0.3 is 5.32 Å². The van der Waals surface area contributed by atoms with E-state index in [0.717, 1.165) is 6.42 Å². The maximum Gasteiger partial charge on any atom is 0.265 e. The molecule has 0 spiro atoms. The summed E-state index contributed by atoms with van der Waals surface area (Å²) < 4.78 is 1.62. The topological polar surface area (TPSA) is 92.7 Å². The van der Waals surface area contributed by atoms with E-state index < -0.39 is 0 Å². The van der Waals surface area contributed by atoms with Crippen molar-refractivity contribution < 1.29 is 4.79 Å². The maximum atomic E-state index is 12.6. The molecule has 4 rings (SSSR count). The Balaban J connectivity index is 1.41. The largest absolute Gasteiger partial charge is 0.356 e. The van der Waals surface area contributed by atoms with Gasteiger partial charge in [-0.25, -0.2) is 4.98 Å². The zero-order valence-electron chi connectivity index (χ0n) is 13.4. The first kappa shape index (κ1) is 15.9. The Hall–Kier alpha value is -2.61. The van der Waals surface area contributed by atoms with Gasteiger partial charge in [0.25, 0.3) is 5.56 Å². The Morgan fingerprint density at radius 2 is 2.20 bits per heavy atom. The van der Waals surface area contributed by atoms with E-state index in [4.69, 9.17) is 0 Å². The molecule has 2 aromatic heterocycles. The molecule has 0 aliphatic carbocycles. The van der Waals surface area contributed by atoms with Crippen LogP contribution in [0.1, 0.15) is 18.0 Å². The standard InChI is InChI=1S/C17H17N5O2S/c23-14(18-7-6-11-4-2-1-3-5-11)8-12-10-25-17-20-15-13(9-19-21-15)16(24)22(12)17/h1-5,9,12H,6-8,10H2,(H,18,23)(H,19,21). The van der Waals surface area contributed by atoms with Crippen LogP contribution in [0.5, 0.6) is 0 Å². The molecule has 1 unspecified atom stereocenters. The van der Waals surface area contributed by atoms with Crippen molar-refractivity contribution in [2.75, 3.05) is 12.3 Å². The Labute approximate surface area is 147 Å². The van der Waals surface area contributed by atoms with E-state index in [1.165, 1.54) is 23.5 Å². The number of H-pyrrole nitrogens is 1. The lowest BCUT2D eigenvalue weighted by Gasteiger charge is -2.13. The van der Waals surface area contributed by atoms with E-state index in [1.54, 1.807) is 4.57 Å². The minimum absolute atomic E-state index is 0.0476. The number of nitrogens with zero attached hydrogens (tertiary/aromatic N) is 3. The molecule has 0 radical (unpaired) electrons. The Kier molecular flexibility index (Phi) is 4.27. The van der Waals surface area contributed by atoms with Crippen LogP contribution in [0.2, 0.25) is 0 Å². The van der Waals surface area contributed by atoms with E-state index in [9.17, 15) is 9.59 Å². The molecule has 8 heteroatoms. The number of benzene rings is 1. The van der Waals surface area contributed by atoms with Crippen molar-refractivity contribution in [3.8, 4) is 0 Å². The maximum absolute atomic E-state index is 12.6. The number of nitrogens with one attached hydrogen (secondary N) is 2. The molecule has 0 saturated heterocycles. The third-order valence-corrected chi connectivity index (χ3v) is 5.35. The Morgan fingerprint density at radius 1 is 1.36 bits per heavy atom. The van der Waals surface area contributed by atoms with Gasteiger partial charge in [-0.15, -0.1) is 0 Å². The Morgan fingerprint density at radius 3 is 3.04 bits per heavy atom. The summed E-state index contributed by atoms with van der Waals surface area (Å²) >= 11 is 1.50. The lowest BCUT2D eigenvalue weighted by atomic mass is 10.1. The third kappa shape index (κ3) is 3.17. The molecule has 1 atom stereocenters. The smallest absolute Gasteiger partial charge is 0.265 e. The average molecular weight is 355 g/mol. The molecule has 3 heterocycles. The second-order valence-electron chi connectivity index (χ2n) is 5.96. The zero-order valence-corrected chi connectivity index (χ0v) is 14.3. The SMILES string of the molecule is O=C(CC1CSc2nc3[nH]ncc3c(=O)n21)NCCc1ccccc1. The lowest BCUT2D eigenvalue weighted by Crippen LogP contribution is -2.31. The summed E-state index contributed by atoms with van der Waals surface area (Å²) in [6.45, 7) is 0.587. The van der Waals surface area contributed by atoms with Crippen LogP contribution >= 0.6 is 11.8 Å². The fraction of sp³-hybridized carbons (Fsp3) is 0.294. The number of carbonyl (C=O) groups is 1. The van der Waals surface area contributed by atoms with Crippen LogP contribution in [-0.2, 0) is 11.2 Å². The number of fused-ring (bicyclic) bond motifs is 2. The van der Waals surface area contributed by atoms with Crippen LogP contribution in [0, 0.1) is 0 Å². The summed E-state index contributed by atoms with van der Waals surface area (Å²) in [6.07, 6.45) is 2.55. The fourth-order valence-electron chi connectivity index (χ4n) is 2.98. The minimum atomic E-state index is -0.170. The number of carbonyl (C=O) groups excluding carboxylic acids is 1. The number of hydrogen-bond acceptors (Lipinski definition) is 5. The van der Waals surface area contributed by atoms with Crippen LogP contribution in [0.25, 0.3) is 11.0 Å². The summed E-state index contributed by atoms with van der Waals surface area (Å²) in [4.78, 5) is 29.3. The van der Waals surface area contributed by atoms with Gasteiger partial charge in [0.15, 0.2) is 10.8 Å². The van der Waals surface area contributed by atoms with E-state index in [2.05, 4.69) is 20.5 Å². The first-order chi connectivity index (χ1) is 12.2. The molecule has 1 aromatic carbocycles. The van der Waals surface area contributed by atoms with Gasteiger partial charge in [-0.05, 0) is 12.0 Å². The minimum Gasteiger partial charge on any atom is -0.356 e. The van der Waals surface area contributed by atoms with Gasteiger partial charge in [0.1, 0.15) is 5.39 Å². The average Bonchev–Trinajstić information content (AvgIpc) is 3.24. The molecule has 3 aromatic rings. The third-order valence-electron chi connectivity index (χ3n) is 4.25. The van der Waals surface area contributed by atoms with Crippen molar-refractivity contribution in [1.29, 1.82) is 0 Å². The first-order valence-corrected chi connectivity index (χ1v) is 9.10. The molecule has 0 bridgehead atoms. The van der Waals surface area contributed by atoms with E-state index in [1.807, 2.05) is 30.3 Å². The van der Waals surface area contributed by atoms with Gasteiger partial charge in [0.05, 0.1) is 12.2 Å². The second kappa shape index (κ2) is 6.72. The van der Waals surface area contributed by atoms with Gasteiger partial charge in [0.2, 0.25) is 5.91 Å². The number of hydrogen-bond donors (Lipinski definition) is 2. The van der Waals surface area contributed by atoms with Crippen molar-refractivity contribution in [2.24, 2.45) is 0 Å². The van der Waals surface area contributed by atoms with Crippen LogP contribution in [0.4, 0.5) is 0 Å². The molecular formula is C17H17N5O2S. The van der Waals surface area contributed by atoms with Crippen LogP contribution < -0.4 is 10.9 Å². The van der Waals surface area contributed by atoms with Gasteiger partial charge in [-0.2, -0.15) is 5.10 Å². The second-order valence-corrected chi connectivity index (χ2v) is 6.94. The highest BCUT2D eigenvalue weighted by Gasteiger charge is 2.28. The summed E-state index contributed by atoms with van der Waals surface area (Å²) in [7, 11) is 0. The first-order valence-electron chi connectivity index (χ1n) is 8.11. The Bertz CT molecular complexity index is 966. The molecular weight excluding hydrogens is 338 g/mol. The predicted molar refractivity (Wildman–Crippen MR) is 95.7 cm³/mol. The summed E-state index contributed by atoms with van der Waals surface area (Å²) in [5, 5.41) is 10.6. The highest BCUT2D eigenvalue weighted by molar-refractivity contribution is 7.99. The normalized spacial score (nSPS) is 16.1. The summed E-state index contributed by atoms with van der Waals surface area (Å²) in [6, 6.07) is 9.85. The monoisotopic (exact) mass is 355 g/mol. The number of amides is 1. The molecule has 7 nitrogen and oxygen atoms in total. The van der Waals surface area contributed by atoms with Crippen LogP contribution in [0.3, 0.4) is 0 Å². The summed E-state index contributed by atoms with van der Waals surface area (Å²) in [5.41, 5.74) is 1.55. The van der Waals surface area contributed by atoms with Crippen LogP contribution in [0.15, 0.2) is 46.5 Å². The number of aromatic nitrogens is 4. The zero-order chi connectivity index (χ0) is 17.2. The van der Waals surface area contributed by atoms with Crippen LogP contribution in [-0.4, -0.2) is 38.0 Å². The van der Waals surface area contributed by atoms with E-state index in [-0.39, 0.29) is 23.9 Å². The molecule has 2 N–H and O–H groups in total. The van der Waals surface area contributed by atoms with Gasteiger partial charge in [0, 0.05) is 18.7 Å². The molecule has 0 fully saturated rings. The predicted octanol–water partition coefficient (Wildman–Crippen LogP) is 1.52. The molecule has 1 aliphatic heterocycles. The summed E-state index contributed by atoms with van der Waals surface area (Å²) in [5.74, 6) is 0.627. The molecule has 25 heavy (non-hydrogen) atoms. The quantitative estimate of drug-likeness (QED) is 0.677. The van der Waals surface area contributed by atoms with Crippen molar-refractivity contribution in [3.05, 3.63) is 52.4 Å². The van der Waals surface area contributed by atoms with Gasteiger partial charge in [-0.3, -0.25) is 19.3 Å². The fourth-order valence-corrected chi connectivity index (χ4v) is 4.12. The number of thioether (sulfide) groups is 1. The van der Waals surface area contributed by atoms with Gasteiger partial charge >= 0.3 is 0 Å². The molecule has 0 saturated carbocycles. The molecule has 128 valence electrons. The van der Waals surface area contributed by atoms with Crippen molar-refractivity contribution >= 4 is 28.7 Å². The van der Waals surface area contributed by atoms with Gasteiger partial charge in [-0.1, -0.05) is 42.1 Å². The van der Waals surface area contributed by atoms with Crippen molar-refractivity contribution in [1.82, 2.24) is 25.1 Å². The number of rotatable bonds is 5. The highest BCUT2D eigenvalue weighted by atomic mass is 32.2. The highest BCUT2D eigenvalue weighted by Crippen LogP contribution is 2.32. The number of aromatic amines is 1. The van der Waals surface area contributed by atoms with E-state index in [0.29, 0.717) is 28.5 Å². The van der Waals surface area contributed by atoms with Crippen molar-refractivity contribution in [2.45, 2.75) is 24.0 Å². The molecule has 1 amide bonds. The lowest BCUT2D eigenvalue weighted by molar-refractivity contribution is -0.121. The van der Waals surface area contributed by atoms with E-state index >= 15 is 0 Å².